The maximum Gasteiger partial charge on any atom is 0.234 e. The van der Waals surface area contributed by atoms with Crippen molar-refractivity contribution in [3.63, 3.8) is 0 Å². The minimum atomic E-state index is -0.117. The standard InChI is InChI=1S/C20H20N6OS/c1-12-7-8-13(2)16(9-12)23-18(27)11-28-20-25-24-19(26(20)21)17-10-14-5-3-4-6-15(14)22-17/h3-10,22H,11,21H2,1-2H3,(H,23,27). The van der Waals surface area contributed by atoms with E-state index in [-0.39, 0.29) is 11.7 Å². The number of nitrogens with two attached hydrogens (primary N) is 1. The van der Waals surface area contributed by atoms with Gasteiger partial charge in [0.1, 0.15) is 0 Å². The summed E-state index contributed by atoms with van der Waals surface area (Å²) in [4.78, 5) is 15.6. The average Bonchev–Trinajstić information content (AvgIpc) is 3.26. The Labute approximate surface area is 166 Å². The number of benzene rings is 2. The zero-order chi connectivity index (χ0) is 19.7. The first kappa shape index (κ1) is 18.1. The van der Waals surface area contributed by atoms with Gasteiger partial charge in [-0.25, -0.2) is 4.68 Å². The van der Waals surface area contributed by atoms with Crippen molar-refractivity contribution in [2.45, 2.75) is 19.0 Å². The summed E-state index contributed by atoms with van der Waals surface area (Å²) >= 11 is 1.25. The van der Waals surface area contributed by atoms with Crippen LogP contribution in [0.25, 0.3) is 22.4 Å². The third-order valence-electron chi connectivity index (χ3n) is 4.43. The van der Waals surface area contributed by atoms with Crippen molar-refractivity contribution >= 4 is 34.3 Å². The van der Waals surface area contributed by atoms with Crippen LogP contribution in [0.1, 0.15) is 11.1 Å². The van der Waals surface area contributed by atoms with E-state index in [1.165, 1.54) is 16.4 Å². The molecule has 0 radical (unpaired) electrons. The van der Waals surface area contributed by atoms with Crippen molar-refractivity contribution in [1.29, 1.82) is 0 Å². The summed E-state index contributed by atoms with van der Waals surface area (Å²) in [6.07, 6.45) is 0. The predicted molar refractivity (Wildman–Crippen MR) is 113 cm³/mol. The Kier molecular flexibility index (Phi) is 4.79. The molecule has 0 aliphatic heterocycles. The number of thioether (sulfide) groups is 1. The predicted octanol–water partition coefficient (Wildman–Crippen LogP) is 3.49. The van der Waals surface area contributed by atoms with Gasteiger partial charge in [0.2, 0.25) is 11.1 Å². The van der Waals surface area contributed by atoms with E-state index >= 15 is 0 Å². The summed E-state index contributed by atoms with van der Waals surface area (Å²) in [6, 6.07) is 15.9. The molecule has 0 bridgehead atoms. The number of nitrogens with zero attached hydrogens (tertiary/aromatic N) is 3. The number of carbonyl (C=O) groups is 1. The number of aromatic nitrogens is 4. The van der Waals surface area contributed by atoms with E-state index in [0.717, 1.165) is 33.4 Å². The average molecular weight is 392 g/mol. The quantitative estimate of drug-likeness (QED) is 0.356. The van der Waals surface area contributed by atoms with Crippen LogP contribution in [-0.2, 0) is 4.79 Å². The highest BCUT2D eigenvalue weighted by atomic mass is 32.2. The molecule has 0 atom stereocenters. The molecule has 0 saturated carbocycles. The number of aromatic amines is 1. The lowest BCUT2D eigenvalue weighted by molar-refractivity contribution is -0.113. The molecular weight excluding hydrogens is 372 g/mol. The topological polar surface area (TPSA) is 102 Å². The fourth-order valence-corrected chi connectivity index (χ4v) is 3.60. The van der Waals surface area contributed by atoms with Crippen molar-refractivity contribution in [2.75, 3.05) is 16.9 Å². The van der Waals surface area contributed by atoms with Gasteiger partial charge in [-0.3, -0.25) is 4.79 Å². The highest BCUT2D eigenvalue weighted by Gasteiger charge is 2.16. The molecule has 2 aromatic heterocycles. The largest absolute Gasteiger partial charge is 0.352 e. The van der Waals surface area contributed by atoms with Crippen molar-refractivity contribution in [1.82, 2.24) is 19.9 Å². The van der Waals surface area contributed by atoms with E-state index in [0.29, 0.717) is 11.0 Å². The second-order valence-corrected chi connectivity index (χ2v) is 7.54. The molecule has 0 fully saturated rings. The molecule has 0 aliphatic rings. The summed E-state index contributed by atoms with van der Waals surface area (Å²) in [7, 11) is 0. The van der Waals surface area contributed by atoms with Gasteiger partial charge < -0.3 is 16.1 Å². The van der Waals surface area contributed by atoms with E-state index in [9.17, 15) is 4.79 Å². The number of aryl methyl sites for hydroxylation is 2. The van der Waals surface area contributed by atoms with Crippen LogP contribution in [0.4, 0.5) is 5.69 Å². The molecule has 0 aliphatic carbocycles. The second kappa shape index (κ2) is 7.40. The number of rotatable bonds is 5. The highest BCUT2D eigenvalue weighted by Crippen LogP contribution is 2.25. The minimum absolute atomic E-state index is 0.117. The lowest BCUT2D eigenvalue weighted by Gasteiger charge is -2.09. The molecule has 4 rings (SSSR count). The normalized spacial score (nSPS) is 11.1. The molecule has 2 aromatic carbocycles. The van der Waals surface area contributed by atoms with Gasteiger partial charge in [0.25, 0.3) is 0 Å². The van der Waals surface area contributed by atoms with Crippen LogP contribution in [0.5, 0.6) is 0 Å². The summed E-state index contributed by atoms with van der Waals surface area (Å²) in [5.74, 6) is 6.75. The fourth-order valence-electron chi connectivity index (χ4n) is 2.94. The molecule has 4 aromatic rings. The first-order chi connectivity index (χ1) is 13.5. The molecule has 7 nitrogen and oxygen atoms in total. The van der Waals surface area contributed by atoms with Crippen molar-refractivity contribution in [3.05, 3.63) is 59.7 Å². The van der Waals surface area contributed by atoms with Gasteiger partial charge in [0.05, 0.1) is 11.4 Å². The number of carbonyl (C=O) groups excluding carboxylic acids is 1. The maximum atomic E-state index is 12.3. The Hall–Kier alpha value is -3.26. The molecule has 8 heteroatoms. The van der Waals surface area contributed by atoms with Crippen molar-refractivity contribution in [3.8, 4) is 11.5 Å². The Balaban J connectivity index is 1.46. The summed E-state index contributed by atoms with van der Waals surface area (Å²) < 4.78 is 1.40. The number of anilines is 1. The lowest BCUT2D eigenvalue weighted by atomic mass is 10.1. The molecule has 0 saturated heterocycles. The molecule has 0 spiro atoms. The number of fused-ring (bicyclic) bond motifs is 1. The van der Waals surface area contributed by atoms with Crippen molar-refractivity contribution in [2.24, 2.45) is 0 Å². The van der Waals surface area contributed by atoms with E-state index in [1.54, 1.807) is 0 Å². The zero-order valence-electron chi connectivity index (χ0n) is 15.6. The smallest absolute Gasteiger partial charge is 0.234 e. The van der Waals surface area contributed by atoms with E-state index in [2.05, 4.69) is 20.5 Å². The minimum Gasteiger partial charge on any atom is -0.352 e. The molecule has 28 heavy (non-hydrogen) atoms. The number of hydrogen-bond acceptors (Lipinski definition) is 5. The molecular formula is C20H20N6OS. The highest BCUT2D eigenvalue weighted by molar-refractivity contribution is 7.99. The number of hydrogen-bond donors (Lipinski definition) is 3. The monoisotopic (exact) mass is 392 g/mol. The van der Waals surface area contributed by atoms with Crippen LogP contribution in [0.3, 0.4) is 0 Å². The van der Waals surface area contributed by atoms with Gasteiger partial charge in [0, 0.05) is 16.6 Å². The fraction of sp³-hybridized carbons (Fsp3) is 0.150. The first-order valence-corrected chi connectivity index (χ1v) is 9.78. The van der Waals surface area contributed by atoms with E-state index in [1.807, 2.05) is 62.4 Å². The lowest BCUT2D eigenvalue weighted by Crippen LogP contribution is -2.17. The molecule has 142 valence electrons. The third kappa shape index (κ3) is 3.59. The van der Waals surface area contributed by atoms with Gasteiger partial charge in [-0.2, -0.15) is 0 Å². The van der Waals surface area contributed by atoms with Gasteiger partial charge in [-0.1, -0.05) is 42.1 Å². The van der Waals surface area contributed by atoms with E-state index < -0.39 is 0 Å². The zero-order valence-corrected chi connectivity index (χ0v) is 16.4. The van der Waals surface area contributed by atoms with Gasteiger partial charge in [-0.05, 0) is 43.2 Å². The van der Waals surface area contributed by atoms with Crippen LogP contribution in [-0.4, -0.2) is 31.5 Å². The van der Waals surface area contributed by atoms with E-state index in [4.69, 9.17) is 5.84 Å². The summed E-state index contributed by atoms with van der Waals surface area (Å²) in [5.41, 5.74) is 4.72. The Morgan fingerprint density at radius 1 is 1.18 bits per heavy atom. The van der Waals surface area contributed by atoms with Crippen LogP contribution in [0, 0.1) is 13.8 Å². The van der Waals surface area contributed by atoms with Crippen LogP contribution in [0.2, 0.25) is 0 Å². The molecule has 1 amide bonds. The number of H-pyrrole nitrogens is 1. The molecule has 4 N–H and O–H groups in total. The summed E-state index contributed by atoms with van der Waals surface area (Å²) in [6.45, 7) is 3.96. The maximum absolute atomic E-state index is 12.3. The number of nitrogen functional groups attached to an aromatic ring is 1. The number of nitrogens with one attached hydrogen (secondary N) is 2. The molecule has 2 heterocycles. The summed E-state index contributed by atoms with van der Waals surface area (Å²) in [5, 5.41) is 12.8. The van der Waals surface area contributed by atoms with Crippen LogP contribution in [0.15, 0.2) is 53.7 Å². The van der Waals surface area contributed by atoms with Crippen LogP contribution < -0.4 is 11.2 Å². The van der Waals surface area contributed by atoms with Crippen LogP contribution >= 0.6 is 11.8 Å². The van der Waals surface area contributed by atoms with Gasteiger partial charge in [-0.15, -0.1) is 10.2 Å². The number of para-hydroxylation sites is 1. The first-order valence-electron chi connectivity index (χ1n) is 8.80. The Morgan fingerprint density at radius 2 is 2.00 bits per heavy atom. The van der Waals surface area contributed by atoms with Gasteiger partial charge >= 0.3 is 0 Å². The SMILES string of the molecule is Cc1ccc(C)c(NC(=O)CSc2nnc(-c3cc4ccccc4[nH]3)n2N)c1. The second-order valence-electron chi connectivity index (χ2n) is 6.60. The molecule has 0 unspecified atom stereocenters. The Morgan fingerprint density at radius 3 is 2.82 bits per heavy atom. The van der Waals surface area contributed by atoms with Crippen molar-refractivity contribution < 1.29 is 4.79 Å². The van der Waals surface area contributed by atoms with Gasteiger partial charge in [0.15, 0.2) is 5.82 Å². The third-order valence-corrected chi connectivity index (χ3v) is 5.38. The number of amides is 1. The Bertz CT molecular complexity index is 1130.